The molecule has 0 atom stereocenters. The SMILES string of the molecule is Oc1cc(-c2cnc(O[C@H]3C[C@](F)(c4ccnc(OC5CC5)c4)C3)cn2)on1. The number of pyridine rings is 1. The van der Waals surface area contributed by atoms with Gasteiger partial charge in [-0.2, -0.15) is 0 Å². The molecule has 5 rings (SSSR count). The van der Waals surface area contributed by atoms with E-state index in [-0.39, 0.29) is 30.9 Å². The predicted molar refractivity (Wildman–Crippen MR) is 93.5 cm³/mol. The number of aromatic hydroxyl groups is 1. The van der Waals surface area contributed by atoms with Gasteiger partial charge in [0.1, 0.15) is 23.6 Å². The lowest BCUT2D eigenvalue weighted by Crippen LogP contribution is -2.44. The third-order valence-corrected chi connectivity index (χ3v) is 4.83. The minimum Gasteiger partial charge on any atom is -0.491 e. The van der Waals surface area contributed by atoms with Gasteiger partial charge in [-0.05, 0) is 29.6 Å². The Balaban J connectivity index is 1.21. The van der Waals surface area contributed by atoms with Gasteiger partial charge >= 0.3 is 0 Å². The zero-order valence-corrected chi connectivity index (χ0v) is 14.8. The highest BCUT2D eigenvalue weighted by Gasteiger charge is 2.48. The second-order valence-electron chi connectivity index (χ2n) is 7.10. The molecule has 1 N–H and O–H groups in total. The maximum absolute atomic E-state index is 15.2. The Labute approximate surface area is 159 Å². The number of hydrogen-bond donors (Lipinski definition) is 1. The number of halogens is 1. The van der Waals surface area contributed by atoms with Crippen LogP contribution in [0.25, 0.3) is 11.5 Å². The van der Waals surface area contributed by atoms with Gasteiger partial charge in [-0.15, -0.1) is 0 Å². The van der Waals surface area contributed by atoms with Gasteiger partial charge in [-0.25, -0.2) is 19.3 Å². The Morgan fingerprint density at radius 2 is 1.86 bits per heavy atom. The summed E-state index contributed by atoms with van der Waals surface area (Å²) in [5.74, 6) is 0.839. The van der Waals surface area contributed by atoms with Crippen LogP contribution in [0.1, 0.15) is 31.2 Å². The molecule has 2 aliphatic carbocycles. The van der Waals surface area contributed by atoms with Crippen molar-refractivity contribution < 1.29 is 23.5 Å². The molecule has 0 aromatic carbocycles. The Kier molecular flexibility index (Phi) is 3.88. The molecular formula is C19H17FN4O4. The number of nitrogens with zero attached hydrogens (tertiary/aromatic N) is 4. The number of ether oxygens (including phenoxy) is 2. The Morgan fingerprint density at radius 3 is 2.54 bits per heavy atom. The van der Waals surface area contributed by atoms with Crippen molar-refractivity contribution in [2.75, 3.05) is 0 Å². The summed E-state index contributed by atoms with van der Waals surface area (Å²) in [6, 6.07) is 4.69. The van der Waals surface area contributed by atoms with Gasteiger partial charge in [0, 0.05) is 25.1 Å². The Bertz CT molecular complexity index is 984. The summed E-state index contributed by atoms with van der Waals surface area (Å²) < 4.78 is 31.4. The van der Waals surface area contributed by atoms with Crippen LogP contribution in [0.3, 0.4) is 0 Å². The van der Waals surface area contributed by atoms with Gasteiger partial charge in [0.2, 0.25) is 11.8 Å². The molecule has 0 saturated heterocycles. The van der Waals surface area contributed by atoms with Crippen molar-refractivity contribution in [3.63, 3.8) is 0 Å². The van der Waals surface area contributed by atoms with Crippen LogP contribution < -0.4 is 9.47 Å². The number of hydrogen-bond acceptors (Lipinski definition) is 8. The van der Waals surface area contributed by atoms with Gasteiger partial charge in [-0.3, -0.25) is 0 Å². The molecule has 0 radical (unpaired) electrons. The van der Waals surface area contributed by atoms with E-state index in [4.69, 9.17) is 14.0 Å². The quantitative estimate of drug-likeness (QED) is 0.691. The Morgan fingerprint density at radius 1 is 1.04 bits per heavy atom. The summed E-state index contributed by atoms with van der Waals surface area (Å²) in [6.45, 7) is 0. The lowest BCUT2D eigenvalue weighted by molar-refractivity contribution is -0.0489. The first kappa shape index (κ1) is 16.9. The molecular weight excluding hydrogens is 367 g/mol. The summed E-state index contributed by atoms with van der Waals surface area (Å²) in [7, 11) is 0. The van der Waals surface area contributed by atoms with Crippen molar-refractivity contribution in [2.45, 2.75) is 43.6 Å². The highest BCUT2D eigenvalue weighted by molar-refractivity contribution is 5.51. The zero-order valence-electron chi connectivity index (χ0n) is 14.8. The van der Waals surface area contributed by atoms with Crippen molar-refractivity contribution in [1.82, 2.24) is 20.1 Å². The first-order chi connectivity index (χ1) is 13.6. The smallest absolute Gasteiger partial charge is 0.252 e. The molecule has 2 fully saturated rings. The van der Waals surface area contributed by atoms with Crippen molar-refractivity contribution in [3.8, 4) is 29.1 Å². The van der Waals surface area contributed by atoms with Crippen LogP contribution in [-0.2, 0) is 5.67 Å². The molecule has 28 heavy (non-hydrogen) atoms. The molecule has 0 unspecified atom stereocenters. The molecule has 8 nitrogen and oxygen atoms in total. The van der Waals surface area contributed by atoms with Gasteiger partial charge in [0.25, 0.3) is 5.88 Å². The van der Waals surface area contributed by atoms with Gasteiger partial charge in [0.05, 0.1) is 18.5 Å². The predicted octanol–water partition coefficient (Wildman–Crippen LogP) is 3.18. The van der Waals surface area contributed by atoms with Crippen LogP contribution >= 0.6 is 0 Å². The lowest BCUT2D eigenvalue weighted by atomic mass is 9.74. The first-order valence-corrected chi connectivity index (χ1v) is 9.04. The average molecular weight is 384 g/mol. The number of alkyl halides is 1. The fourth-order valence-corrected chi connectivity index (χ4v) is 3.15. The highest BCUT2D eigenvalue weighted by Crippen LogP contribution is 2.47. The van der Waals surface area contributed by atoms with E-state index in [1.165, 1.54) is 18.5 Å². The molecule has 0 spiro atoms. The minimum absolute atomic E-state index is 0.221. The van der Waals surface area contributed by atoms with Crippen molar-refractivity contribution in [2.24, 2.45) is 0 Å². The van der Waals surface area contributed by atoms with E-state index in [9.17, 15) is 5.11 Å². The van der Waals surface area contributed by atoms with Crippen LogP contribution in [0.4, 0.5) is 4.39 Å². The summed E-state index contributed by atoms with van der Waals surface area (Å²) >= 11 is 0. The van der Waals surface area contributed by atoms with Gasteiger partial charge < -0.3 is 19.1 Å². The highest BCUT2D eigenvalue weighted by atomic mass is 19.1. The fraction of sp³-hybridized carbons (Fsp3) is 0.368. The minimum atomic E-state index is -1.46. The van der Waals surface area contributed by atoms with Crippen LogP contribution in [0.15, 0.2) is 41.3 Å². The molecule has 144 valence electrons. The van der Waals surface area contributed by atoms with E-state index in [2.05, 4.69) is 20.1 Å². The summed E-state index contributed by atoms with van der Waals surface area (Å²) in [5.41, 5.74) is -0.488. The molecule has 9 heteroatoms. The van der Waals surface area contributed by atoms with E-state index in [0.717, 1.165) is 12.8 Å². The second-order valence-corrected chi connectivity index (χ2v) is 7.10. The second kappa shape index (κ2) is 6.43. The normalized spacial score (nSPS) is 23.8. The summed E-state index contributed by atoms with van der Waals surface area (Å²) in [5, 5.41) is 12.6. The topological polar surface area (TPSA) is 103 Å². The van der Waals surface area contributed by atoms with Crippen LogP contribution in [-0.4, -0.2) is 37.4 Å². The van der Waals surface area contributed by atoms with Gasteiger partial charge in [-0.1, -0.05) is 0 Å². The van der Waals surface area contributed by atoms with Crippen LogP contribution in [0, 0.1) is 0 Å². The molecule has 0 bridgehead atoms. The van der Waals surface area contributed by atoms with E-state index < -0.39 is 5.67 Å². The molecule has 3 aromatic rings. The molecule has 2 aliphatic rings. The van der Waals surface area contributed by atoms with Crippen molar-refractivity contribution in [1.29, 1.82) is 0 Å². The molecule has 0 aliphatic heterocycles. The summed E-state index contributed by atoms with van der Waals surface area (Å²) in [6.07, 6.45) is 6.88. The number of rotatable bonds is 6. The van der Waals surface area contributed by atoms with Crippen LogP contribution in [0.2, 0.25) is 0 Å². The van der Waals surface area contributed by atoms with Crippen molar-refractivity contribution >= 4 is 0 Å². The third kappa shape index (κ3) is 3.35. The Hall–Kier alpha value is -3.23. The fourth-order valence-electron chi connectivity index (χ4n) is 3.15. The first-order valence-electron chi connectivity index (χ1n) is 9.04. The van der Waals surface area contributed by atoms with E-state index in [1.54, 1.807) is 18.3 Å². The summed E-state index contributed by atoms with van der Waals surface area (Å²) in [4.78, 5) is 12.5. The largest absolute Gasteiger partial charge is 0.491 e. The van der Waals surface area contributed by atoms with E-state index >= 15 is 4.39 Å². The maximum Gasteiger partial charge on any atom is 0.252 e. The maximum atomic E-state index is 15.2. The monoisotopic (exact) mass is 384 g/mol. The number of aromatic nitrogens is 4. The average Bonchev–Trinajstić information content (AvgIpc) is 3.38. The van der Waals surface area contributed by atoms with E-state index in [0.29, 0.717) is 28.8 Å². The van der Waals surface area contributed by atoms with Crippen molar-refractivity contribution in [3.05, 3.63) is 42.4 Å². The molecule has 3 heterocycles. The molecule has 0 amide bonds. The molecule has 3 aromatic heterocycles. The van der Waals surface area contributed by atoms with E-state index in [1.807, 2.05) is 0 Å². The zero-order chi connectivity index (χ0) is 19.1. The third-order valence-electron chi connectivity index (χ3n) is 4.83. The standard InChI is InChI=1S/C19H17FN4O4/c20-19(11-3-4-21-17(5-11)26-12-1-2-12)7-13(8-19)27-18-10-22-14(9-23-18)15-6-16(25)24-28-15/h3-6,9-10,12-13H,1-2,7-8H2,(H,24,25)/t13-,19+. The molecule has 2 saturated carbocycles. The lowest BCUT2D eigenvalue weighted by Gasteiger charge is -2.41. The van der Waals surface area contributed by atoms with Gasteiger partial charge in [0.15, 0.2) is 5.76 Å². The van der Waals surface area contributed by atoms with Crippen LogP contribution in [0.5, 0.6) is 17.6 Å².